The van der Waals surface area contributed by atoms with Gasteiger partial charge in [-0.25, -0.2) is 0 Å². The molecule has 3 atom stereocenters. The van der Waals surface area contributed by atoms with Gasteiger partial charge in [-0.2, -0.15) is 0 Å². The lowest BCUT2D eigenvalue weighted by Crippen LogP contribution is -2.52. The van der Waals surface area contributed by atoms with E-state index in [0.29, 0.717) is 18.2 Å². The van der Waals surface area contributed by atoms with Crippen LogP contribution in [-0.2, 0) is 4.74 Å². The van der Waals surface area contributed by atoms with E-state index in [0.717, 1.165) is 26.1 Å². The summed E-state index contributed by atoms with van der Waals surface area (Å²) in [5.41, 5.74) is 0. The Hall–Kier alpha value is -0.120. The van der Waals surface area contributed by atoms with Crippen molar-refractivity contribution in [1.29, 1.82) is 0 Å². The lowest BCUT2D eigenvalue weighted by Gasteiger charge is -2.40. The Kier molecular flexibility index (Phi) is 7.87. The number of hydrogen-bond acceptors (Lipinski definition) is 3. The molecule has 1 fully saturated rings. The molecule has 1 saturated heterocycles. The molecular weight excluding hydrogens is 224 g/mol. The van der Waals surface area contributed by atoms with Gasteiger partial charge in [0.05, 0.1) is 6.10 Å². The monoisotopic (exact) mass is 256 g/mol. The molecule has 108 valence electrons. The van der Waals surface area contributed by atoms with Crippen LogP contribution in [0.4, 0.5) is 0 Å². The smallest absolute Gasteiger partial charge is 0.0702 e. The molecule has 0 bridgehead atoms. The topological polar surface area (TPSA) is 24.5 Å². The van der Waals surface area contributed by atoms with E-state index in [1.54, 1.807) is 0 Å². The van der Waals surface area contributed by atoms with Crippen molar-refractivity contribution in [2.24, 2.45) is 0 Å². The van der Waals surface area contributed by atoms with Gasteiger partial charge >= 0.3 is 0 Å². The SMILES string of the molecule is CCCOC1CCCN(C(C)C(CC)NCC)C1. The number of ether oxygens (including phenoxy) is 1. The van der Waals surface area contributed by atoms with Gasteiger partial charge in [-0.3, -0.25) is 4.90 Å². The quantitative estimate of drug-likeness (QED) is 0.722. The lowest BCUT2D eigenvalue weighted by atomic mass is 10.0. The minimum absolute atomic E-state index is 0.459. The molecule has 3 unspecified atom stereocenters. The zero-order chi connectivity index (χ0) is 13.4. The molecule has 1 rings (SSSR count). The maximum absolute atomic E-state index is 5.92. The second-order valence-corrected chi connectivity index (χ2v) is 5.44. The fourth-order valence-electron chi connectivity index (χ4n) is 2.93. The van der Waals surface area contributed by atoms with E-state index < -0.39 is 0 Å². The molecular formula is C15H32N2O. The van der Waals surface area contributed by atoms with Gasteiger partial charge in [0.2, 0.25) is 0 Å². The molecule has 0 radical (unpaired) electrons. The third-order valence-corrected chi connectivity index (χ3v) is 4.03. The average Bonchev–Trinajstić information content (AvgIpc) is 2.42. The van der Waals surface area contributed by atoms with E-state index in [1.165, 1.54) is 25.8 Å². The van der Waals surface area contributed by atoms with Crippen molar-refractivity contribution >= 4 is 0 Å². The highest BCUT2D eigenvalue weighted by Gasteiger charge is 2.27. The van der Waals surface area contributed by atoms with E-state index in [4.69, 9.17) is 4.74 Å². The Morgan fingerprint density at radius 2 is 2.11 bits per heavy atom. The van der Waals surface area contributed by atoms with Crippen molar-refractivity contribution in [3.63, 3.8) is 0 Å². The van der Waals surface area contributed by atoms with Crippen LogP contribution < -0.4 is 5.32 Å². The fourth-order valence-corrected chi connectivity index (χ4v) is 2.93. The first kappa shape index (κ1) is 15.9. The predicted octanol–water partition coefficient (Wildman–Crippen LogP) is 2.65. The Bertz CT molecular complexity index is 211. The second-order valence-electron chi connectivity index (χ2n) is 5.44. The number of rotatable bonds is 8. The summed E-state index contributed by atoms with van der Waals surface area (Å²) in [6.07, 6.45) is 5.30. The van der Waals surface area contributed by atoms with Crippen LogP contribution in [0.25, 0.3) is 0 Å². The molecule has 1 aliphatic rings. The summed E-state index contributed by atoms with van der Waals surface area (Å²) in [4.78, 5) is 2.61. The first-order valence-corrected chi connectivity index (χ1v) is 7.81. The number of likely N-dealkylation sites (tertiary alicyclic amines) is 1. The second kappa shape index (κ2) is 8.89. The van der Waals surface area contributed by atoms with Crippen LogP contribution in [0.15, 0.2) is 0 Å². The van der Waals surface area contributed by atoms with Crippen LogP contribution in [0.5, 0.6) is 0 Å². The molecule has 1 aliphatic heterocycles. The predicted molar refractivity (Wildman–Crippen MR) is 78.1 cm³/mol. The van der Waals surface area contributed by atoms with Crippen molar-refractivity contribution in [2.75, 3.05) is 26.2 Å². The standard InChI is InChI=1S/C15H32N2O/c1-5-11-18-14-9-8-10-17(12-14)13(4)15(6-2)16-7-3/h13-16H,5-12H2,1-4H3. The van der Waals surface area contributed by atoms with Crippen LogP contribution in [0.1, 0.15) is 53.4 Å². The third kappa shape index (κ3) is 4.87. The van der Waals surface area contributed by atoms with Crippen LogP contribution >= 0.6 is 0 Å². The summed E-state index contributed by atoms with van der Waals surface area (Å²) >= 11 is 0. The Balaban J connectivity index is 2.43. The summed E-state index contributed by atoms with van der Waals surface area (Å²) in [6, 6.07) is 1.22. The van der Waals surface area contributed by atoms with Crippen LogP contribution in [0, 0.1) is 0 Å². The summed E-state index contributed by atoms with van der Waals surface area (Å²) in [6.45, 7) is 13.3. The Labute approximate surface area is 113 Å². The molecule has 3 nitrogen and oxygen atoms in total. The molecule has 1 N–H and O–H groups in total. The Morgan fingerprint density at radius 1 is 1.33 bits per heavy atom. The first-order chi connectivity index (χ1) is 8.72. The molecule has 0 saturated carbocycles. The number of likely N-dealkylation sites (N-methyl/N-ethyl adjacent to an activating group) is 1. The molecule has 0 spiro atoms. The molecule has 1 heterocycles. The summed E-state index contributed by atoms with van der Waals surface area (Å²) < 4.78 is 5.92. The van der Waals surface area contributed by atoms with E-state index in [2.05, 4.69) is 37.9 Å². The van der Waals surface area contributed by atoms with Gasteiger partial charge in [0.15, 0.2) is 0 Å². The zero-order valence-electron chi connectivity index (χ0n) is 12.7. The molecule has 0 aliphatic carbocycles. The summed E-state index contributed by atoms with van der Waals surface area (Å²) in [7, 11) is 0. The fraction of sp³-hybridized carbons (Fsp3) is 1.00. The van der Waals surface area contributed by atoms with Gasteiger partial charge in [0.1, 0.15) is 0 Å². The maximum atomic E-state index is 5.92. The minimum atomic E-state index is 0.459. The Morgan fingerprint density at radius 3 is 2.72 bits per heavy atom. The number of nitrogens with zero attached hydrogens (tertiary/aromatic N) is 1. The van der Waals surface area contributed by atoms with Crippen molar-refractivity contribution in [3.8, 4) is 0 Å². The normalized spacial score (nSPS) is 25.0. The van der Waals surface area contributed by atoms with Gasteiger partial charge in [0, 0.05) is 25.2 Å². The van der Waals surface area contributed by atoms with E-state index in [9.17, 15) is 0 Å². The van der Waals surface area contributed by atoms with Crippen molar-refractivity contribution in [1.82, 2.24) is 10.2 Å². The summed E-state index contributed by atoms with van der Waals surface area (Å²) in [5, 5.41) is 3.60. The maximum Gasteiger partial charge on any atom is 0.0702 e. The van der Waals surface area contributed by atoms with Crippen molar-refractivity contribution in [2.45, 2.75) is 71.6 Å². The van der Waals surface area contributed by atoms with Crippen LogP contribution in [0.3, 0.4) is 0 Å². The van der Waals surface area contributed by atoms with Gasteiger partial charge in [-0.1, -0.05) is 20.8 Å². The van der Waals surface area contributed by atoms with Gasteiger partial charge in [-0.05, 0) is 45.7 Å². The van der Waals surface area contributed by atoms with E-state index in [1.807, 2.05) is 0 Å². The van der Waals surface area contributed by atoms with Crippen molar-refractivity contribution < 1.29 is 4.74 Å². The van der Waals surface area contributed by atoms with E-state index in [-0.39, 0.29) is 0 Å². The highest BCUT2D eigenvalue weighted by atomic mass is 16.5. The lowest BCUT2D eigenvalue weighted by molar-refractivity contribution is -0.0150. The highest BCUT2D eigenvalue weighted by Crippen LogP contribution is 2.18. The van der Waals surface area contributed by atoms with Crippen LogP contribution in [-0.4, -0.2) is 49.3 Å². The molecule has 18 heavy (non-hydrogen) atoms. The number of nitrogens with one attached hydrogen (secondary N) is 1. The molecule has 0 aromatic rings. The van der Waals surface area contributed by atoms with Crippen molar-refractivity contribution in [3.05, 3.63) is 0 Å². The third-order valence-electron chi connectivity index (χ3n) is 4.03. The van der Waals surface area contributed by atoms with Gasteiger partial charge in [0.25, 0.3) is 0 Å². The average molecular weight is 256 g/mol. The van der Waals surface area contributed by atoms with E-state index >= 15 is 0 Å². The first-order valence-electron chi connectivity index (χ1n) is 7.81. The summed E-state index contributed by atoms with van der Waals surface area (Å²) in [5.74, 6) is 0. The van der Waals surface area contributed by atoms with Gasteiger partial charge in [-0.15, -0.1) is 0 Å². The van der Waals surface area contributed by atoms with Crippen LogP contribution in [0.2, 0.25) is 0 Å². The largest absolute Gasteiger partial charge is 0.377 e. The number of piperidine rings is 1. The number of hydrogen-bond donors (Lipinski definition) is 1. The molecule has 3 heteroatoms. The molecule has 0 aromatic heterocycles. The molecule has 0 aromatic carbocycles. The zero-order valence-corrected chi connectivity index (χ0v) is 12.7. The minimum Gasteiger partial charge on any atom is -0.377 e. The molecule has 0 amide bonds. The highest BCUT2D eigenvalue weighted by molar-refractivity contribution is 4.84. The van der Waals surface area contributed by atoms with Gasteiger partial charge < -0.3 is 10.1 Å².